The van der Waals surface area contributed by atoms with Gasteiger partial charge in [-0.3, -0.25) is 0 Å². The van der Waals surface area contributed by atoms with Gasteiger partial charge in [-0.05, 0) is 65.4 Å². The van der Waals surface area contributed by atoms with Gasteiger partial charge in [0.1, 0.15) is 5.75 Å². The van der Waals surface area contributed by atoms with E-state index in [9.17, 15) is 9.90 Å². The summed E-state index contributed by atoms with van der Waals surface area (Å²) in [6.45, 7) is 1.92. The van der Waals surface area contributed by atoms with Gasteiger partial charge in [0.2, 0.25) is 6.08 Å². The molecule has 0 spiro atoms. The number of aromatic hydroxyl groups is 1. The molecule has 1 aromatic carbocycles. The molecule has 1 fully saturated rings. The Morgan fingerprint density at radius 3 is 2.69 bits per heavy atom. The van der Waals surface area contributed by atoms with Crippen molar-refractivity contribution in [2.24, 2.45) is 4.99 Å². The van der Waals surface area contributed by atoms with Gasteiger partial charge >= 0.3 is 0 Å². The smallest absolute Gasteiger partial charge is 0.235 e. The van der Waals surface area contributed by atoms with Gasteiger partial charge in [-0.25, -0.2) is 4.79 Å². The van der Waals surface area contributed by atoms with Crippen molar-refractivity contribution >= 4 is 22.0 Å². The van der Waals surface area contributed by atoms with Crippen LogP contribution in [0.15, 0.2) is 21.6 Å². The molecule has 4 heteroatoms. The first-order valence-corrected chi connectivity index (χ1v) is 5.97. The quantitative estimate of drug-likeness (QED) is 0.669. The number of halogens is 1. The van der Waals surface area contributed by atoms with E-state index in [-0.39, 0.29) is 5.75 Å². The van der Waals surface area contributed by atoms with Crippen LogP contribution in [-0.4, -0.2) is 11.2 Å². The first-order chi connectivity index (χ1) is 7.59. The summed E-state index contributed by atoms with van der Waals surface area (Å²) in [6, 6.07) is 3.55. The Bertz CT molecular complexity index is 474. The van der Waals surface area contributed by atoms with Crippen LogP contribution >= 0.6 is 15.9 Å². The fourth-order valence-corrected chi connectivity index (χ4v) is 2.55. The second-order valence-electron chi connectivity index (χ2n) is 4.21. The zero-order valence-electron chi connectivity index (χ0n) is 8.96. The number of phenolic OH excluding ortho intramolecular Hbond substituents is 1. The van der Waals surface area contributed by atoms with Gasteiger partial charge in [0.05, 0.1) is 10.0 Å². The average Bonchev–Trinajstić information content (AvgIpc) is 2.18. The summed E-state index contributed by atoms with van der Waals surface area (Å²) in [7, 11) is 0. The highest BCUT2D eigenvalue weighted by Gasteiger charge is 2.40. The highest BCUT2D eigenvalue weighted by Crippen LogP contribution is 2.47. The van der Waals surface area contributed by atoms with Crippen molar-refractivity contribution in [2.75, 3.05) is 0 Å². The summed E-state index contributed by atoms with van der Waals surface area (Å²) in [5.74, 6) is 0.214. The molecule has 2 rings (SSSR count). The van der Waals surface area contributed by atoms with E-state index in [0.29, 0.717) is 4.47 Å². The molecular formula is C12H12BrNO2. The van der Waals surface area contributed by atoms with Crippen LogP contribution in [0.4, 0.5) is 0 Å². The first-order valence-electron chi connectivity index (χ1n) is 5.18. The predicted octanol–water partition coefficient (Wildman–Crippen LogP) is 3.18. The third-order valence-electron chi connectivity index (χ3n) is 3.24. The number of aryl methyl sites for hydroxylation is 1. The highest BCUT2D eigenvalue weighted by atomic mass is 79.9. The van der Waals surface area contributed by atoms with E-state index in [1.807, 2.05) is 13.0 Å². The summed E-state index contributed by atoms with van der Waals surface area (Å²) < 4.78 is 0.639. The van der Waals surface area contributed by atoms with E-state index in [1.165, 1.54) is 0 Å². The van der Waals surface area contributed by atoms with Crippen LogP contribution in [0.1, 0.15) is 30.4 Å². The molecule has 1 aliphatic carbocycles. The third-order valence-corrected chi connectivity index (χ3v) is 3.87. The number of carbonyl (C=O) groups excluding carboxylic acids is 1. The van der Waals surface area contributed by atoms with Crippen molar-refractivity contribution in [3.63, 3.8) is 0 Å². The fraction of sp³-hybridized carbons (Fsp3) is 0.417. The maximum Gasteiger partial charge on any atom is 0.235 e. The van der Waals surface area contributed by atoms with Crippen molar-refractivity contribution in [3.05, 3.63) is 27.7 Å². The summed E-state index contributed by atoms with van der Waals surface area (Å²) in [5, 5.41) is 9.56. The zero-order chi connectivity index (χ0) is 11.8. The van der Waals surface area contributed by atoms with Gasteiger partial charge in [0, 0.05) is 0 Å². The van der Waals surface area contributed by atoms with Gasteiger partial charge in [0.25, 0.3) is 0 Å². The maximum absolute atomic E-state index is 10.5. The monoisotopic (exact) mass is 281 g/mol. The lowest BCUT2D eigenvalue weighted by atomic mass is 9.71. The SMILES string of the molecule is Cc1cc(O)c(Br)cc1C1(N=C=O)CCC1. The fourth-order valence-electron chi connectivity index (χ4n) is 2.21. The number of aliphatic imine (C=N–C) groups is 1. The molecule has 0 saturated heterocycles. The summed E-state index contributed by atoms with van der Waals surface area (Å²) in [5.41, 5.74) is 1.56. The van der Waals surface area contributed by atoms with E-state index in [2.05, 4.69) is 20.9 Å². The molecular weight excluding hydrogens is 270 g/mol. The summed E-state index contributed by atoms with van der Waals surface area (Å²) >= 11 is 3.29. The van der Waals surface area contributed by atoms with Gasteiger partial charge in [0.15, 0.2) is 0 Å². The van der Waals surface area contributed by atoms with Crippen molar-refractivity contribution < 1.29 is 9.90 Å². The number of hydrogen-bond donors (Lipinski definition) is 1. The van der Waals surface area contributed by atoms with E-state index < -0.39 is 5.54 Å². The van der Waals surface area contributed by atoms with Crippen molar-refractivity contribution in [1.82, 2.24) is 0 Å². The number of hydrogen-bond acceptors (Lipinski definition) is 3. The number of benzene rings is 1. The molecule has 84 valence electrons. The highest BCUT2D eigenvalue weighted by molar-refractivity contribution is 9.10. The Labute approximate surface area is 102 Å². The normalized spacial score (nSPS) is 17.4. The Morgan fingerprint density at radius 2 is 2.19 bits per heavy atom. The van der Waals surface area contributed by atoms with Crippen molar-refractivity contribution in [3.8, 4) is 5.75 Å². The predicted molar refractivity (Wildman–Crippen MR) is 64.2 cm³/mol. The van der Waals surface area contributed by atoms with E-state index in [4.69, 9.17) is 0 Å². The van der Waals surface area contributed by atoms with E-state index >= 15 is 0 Å². The molecule has 0 amide bonds. The molecule has 0 aliphatic heterocycles. The molecule has 1 aromatic rings. The van der Waals surface area contributed by atoms with Crippen molar-refractivity contribution in [1.29, 1.82) is 0 Å². The molecule has 0 radical (unpaired) electrons. The molecule has 0 aromatic heterocycles. The lowest BCUT2D eigenvalue weighted by molar-refractivity contribution is 0.254. The topological polar surface area (TPSA) is 49.7 Å². The molecule has 0 bridgehead atoms. The summed E-state index contributed by atoms with van der Waals surface area (Å²) in [6.07, 6.45) is 4.49. The van der Waals surface area contributed by atoms with Crippen LogP contribution in [0.5, 0.6) is 5.75 Å². The molecule has 1 saturated carbocycles. The molecule has 1 aliphatic rings. The molecule has 0 atom stereocenters. The van der Waals surface area contributed by atoms with Crippen LogP contribution in [0, 0.1) is 6.92 Å². The third kappa shape index (κ3) is 1.68. The largest absolute Gasteiger partial charge is 0.507 e. The minimum absolute atomic E-state index is 0.214. The second-order valence-corrected chi connectivity index (χ2v) is 5.06. The lowest BCUT2D eigenvalue weighted by Gasteiger charge is -2.38. The molecule has 3 nitrogen and oxygen atoms in total. The van der Waals surface area contributed by atoms with Crippen LogP contribution in [0.25, 0.3) is 0 Å². The minimum atomic E-state index is -0.401. The van der Waals surface area contributed by atoms with E-state index in [0.717, 1.165) is 30.4 Å². The van der Waals surface area contributed by atoms with Gasteiger partial charge in [-0.1, -0.05) is 0 Å². The number of phenols is 1. The number of rotatable bonds is 2. The standard InChI is InChI=1S/C12H12BrNO2/c1-8-5-11(16)10(13)6-9(8)12(14-7-15)3-2-4-12/h5-6,16H,2-4H2,1H3. The first kappa shape index (κ1) is 11.4. The van der Waals surface area contributed by atoms with Crippen molar-refractivity contribution in [2.45, 2.75) is 31.7 Å². The maximum atomic E-state index is 10.5. The van der Waals surface area contributed by atoms with Crippen LogP contribution in [-0.2, 0) is 10.3 Å². The Hall–Kier alpha value is -1.12. The van der Waals surface area contributed by atoms with Gasteiger partial charge < -0.3 is 5.11 Å². The van der Waals surface area contributed by atoms with Gasteiger partial charge in [-0.2, -0.15) is 4.99 Å². The number of isocyanates is 1. The van der Waals surface area contributed by atoms with Crippen LogP contribution in [0.3, 0.4) is 0 Å². The van der Waals surface area contributed by atoms with E-state index in [1.54, 1.807) is 12.1 Å². The Morgan fingerprint density at radius 1 is 1.50 bits per heavy atom. The molecule has 16 heavy (non-hydrogen) atoms. The second kappa shape index (κ2) is 4.04. The zero-order valence-corrected chi connectivity index (χ0v) is 10.5. The lowest BCUT2D eigenvalue weighted by Crippen LogP contribution is -2.32. The Kier molecular flexibility index (Phi) is 2.87. The molecule has 1 N–H and O–H groups in total. The van der Waals surface area contributed by atoms with Crippen LogP contribution < -0.4 is 0 Å². The summed E-state index contributed by atoms with van der Waals surface area (Å²) in [4.78, 5) is 14.5. The Balaban J connectivity index is 2.54. The molecule has 0 unspecified atom stereocenters. The van der Waals surface area contributed by atoms with Gasteiger partial charge in [-0.15, -0.1) is 0 Å². The number of nitrogens with zero attached hydrogens (tertiary/aromatic N) is 1. The average molecular weight is 282 g/mol. The van der Waals surface area contributed by atoms with Crippen LogP contribution in [0.2, 0.25) is 0 Å². The minimum Gasteiger partial charge on any atom is -0.507 e. The molecule has 0 heterocycles.